The lowest BCUT2D eigenvalue weighted by Crippen LogP contribution is -2.17. The second kappa shape index (κ2) is 6.28. The molecule has 4 rings (SSSR count). The Morgan fingerprint density at radius 3 is 2.50 bits per heavy atom. The highest BCUT2D eigenvalue weighted by atomic mass is 15.2. The quantitative estimate of drug-likeness (QED) is 0.800. The summed E-state index contributed by atoms with van der Waals surface area (Å²) in [4.78, 5) is 15.7. The molecular weight excluding hydrogens is 298 g/mol. The zero-order valence-corrected chi connectivity index (χ0v) is 13.6. The van der Waals surface area contributed by atoms with Crippen molar-refractivity contribution in [3.8, 4) is 0 Å². The molecule has 2 aromatic heterocycles. The lowest BCUT2D eigenvalue weighted by atomic mass is 10.1. The van der Waals surface area contributed by atoms with Crippen LogP contribution in [0.25, 0.3) is 0 Å². The summed E-state index contributed by atoms with van der Waals surface area (Å²) in [6.07, 6.45) is 1.80. The Kier molecular flexibility index (Phi) is 3.83. The molecule has 1 N–H and O–H groups in total. The van der Waals surface area contributed by atoms with Crippen molar-refractivity contribution in [2.24, 2.45) is 0 Å². The van der Waals surface area contributed by atoms with E-state index in [0.29, 0.717) is 12.5 Å². The van der Waals surface area contributed by atoms with Gasteiger partial charge in [-0.1, -0.05) is 30.3 Å². The molecule has 0 saturated carbocycles. The average molecular weight is 317 g/mol. The first-order valence-electron chi connectivity index (χ1n) is 8.09. The molecule has 1 aliphatic rings. The zero-order chi connectivity index (χ0) is 16.4. The van der Waals surface area contributed by atoms with Crippen molar-refractivity contribution in [3.05, 3.63) is 77.2 Å². The summed E-state index contributed by atoms with van der Waals surface area (Å²) in [5.41, 5.74) is 4.74. The Hall–Kier alpha value is -2.95. The highest BCUT2D eigenvalue weighted by Crippen LogP contribution is 2.26. The van der Waals surface area contributed by atoms with Gasteiger partial charge in [0.2, 0.25) is 5.95 Å². The van der Waals surface area contributed by atoms with Crippen molar-refractivity contribution in [3.63, 3.8) is 0 Å². The summed E-state index contributed by atoms with van der Waals surface area (Å²) < 4.78 is 0. The first kappa shape index (κ1) is 14.6. The van der Waals surface area contributed by atoms with Gasteiger partial charge in [-0.3, -0.25) is 4.98 Å². The monoisotopic (exact) mass is 317 g/mol. The van der Waals surface area contributed by atoms with Crippen LogP contribution in [0.5, 0.6) is 0 Å². The standard InChI is InChI=1S/C19H19N5/c1-14-5-4-8-17(22-14)11-21-19-20-10-9-18(23-19)24-12-15-6-2-3-7-16(15)13-24/h2-10H,11-13H2,1H3,(H,20,21,23). The second-order valence-electron chi connectivity index (χ2n) is 5.99. The number of nitrogens with one attached hydrogen (secondary N) is 1. The third-order valence-electron chi connectivity index (χ3n) is 4.18. The number of fused-ring (bicyclic) bond motifs is 1. The SMILES string of the molecule is Cc1cccc(CNc2nccc(N3Cc4ccccc4C3)n2)n1. The molecule has 0 radical (unpaired) electrons. The molecule has 0 saturated heterocycles. The average Bonchev–Trinajstić information content (AvgIpc) is 3.05. The first-order valence-corrected chi connectivity index (χ1v) is 8.09. The number of aryl methyl sites for hydroxylation is 1. The molecular formula is C19H19N5. The maximum atomic E-state index is 4.65. The highest BCUT2D eigenvalue weighted by molar-refractivity contribution is 5.48. The molecule has 0 atom stereocenters. The van der Waals surface area contributed by atoms with E-state index in [1.54, 1.807) is 6.20 Å². The van der Waals surface area contributed by atoms with E-state index in [0.717, 1.165) is 30.3 Å². The van der Waals surface area contributed by atoms with Crippen molar-refractivity contribution in [2.45, 2.75) is 26.6 Å². The zero-order valence-electron chi connectivity index (χ0n) is 13.6. The van der Waals surface area contributed by atoms with Crippen LogP contribution in [0.1, 0.15) is 22.5 Å². The summed E-state index contributed by atoms with van der Waals surface area (Å²) in [6.45, 7) is 4.40. The number of aromatic nitrogens is 3. The van der Waals surface area contributed by atoms with Gasteiger partial charge in [-0.15, -0.1) is 0 Å². The largest absolute Gasteiger partial charge is 0.349 e. The summed E-state index contributed by atoms with van der Waals surface area (Å²) in [7, 11) is 0. The van der Waals surface area contributed by atoms with Crippen molar-refractivity contribution in [1.29, 1.82) is 0 Å². The molecule has 0 bridgehead atoms. The minimum absolute atomic E-state index is 0.616. The van der Waals surface area contributed by atoms with E-state index in [9.17, 15) is 0 Å². The summed E-state index contributed by atoms with van der Waals surface area (Å²) in [5, 5.41) is 3.26. The second-order valence-corrected chi connectivity index (χ2v) is 5.99. The van der Waals surface area contributed by atoms with Gasteiger partial charge in [0.25, 0.3) is 0 Å². The fourth-order valence-electron chi connectivity index (χ4n) is 2.97. The van der Waals surface area contributed by atoms with E-state index < -0.39 is 0 Å². The van der Waals surface area contributed by atoms with Crippen LogP contribution < -0.4 is 10.2 Å². The van der Waals surface area contributed by atoms with Crippen LogP contribution in [0.3, 0.4) is 0 Å². The Balaban J connectivity index is 1.46. The maximum absolute atomic E-state index is 4.65. The lowest BCUT2D eigenvalue weighted by Gasteiger charge is -2.17. The number of hydrogen-bond acceptors (Lipinski definition) is 5. The van der Waals surface area contributed by atoms with Gasteiger partial charge in [0.15, 0.2) is 0 Å². The third kappa shape index (κ3) is 3.06. The van der Waals surface area contributed by atoms with Crippen LogP contribution in [0.15, 0.2) is 54.7 Å². The number of hydrogen-bond donors (Lipinski definition) is 1. The van der Waals surface area contributed by atoms with E-state index >= 15 is 0 Å². The predicted molar refractivity (Wildman–Crippen MR) is 94.7 cm³/mol. The van der Waals surface area contributed by atoms with E-state index in [1.807, 2.05) is 31.2 Å². The van der Waals surface area contributed by atoms with Crippen molar-refractivity contribution >= 4 is 11.8 Å². The van der Waals surface area contributed by atoms with Crippen LogP contribution in [0.2, 0.25) is 0 Å². The minimum atomic E-state index is 0.616. The topological polar surface area (TPSA) is 53.9 Å². The van der Waals surface area contributed by atoms with Gasteiger partial charge in [0, 0.05) is 25.0 Å². The van der Waals surface area contributed by atoms with Crippen molar-refractivity contribution in [2.75, 3.05) is 10.2 Å². The van der Waals surface area contributed by atoms with Gasteiger partial charge >= 0.3 is 0 Å². The molecule has 1 aromatic carbocycles. The number of pyridine rings is 1. The summed E-state index contributed by atoms with van der Waals surface area (Å²) in [5.74, 6) is 1.58. The molecule has 0 aliphatic carbocycles. The molecule has 3 heterocycles. The predicted octanol–water partition coefficient (Wildman–Crippen LogP) is 3.31. The Bertz CT molecular complexity index is 837. The van der Waals surface area contributed by atoms with Crippen LogP contribution in [0.4, 0.5) is 11.8 Å². The Morgan fingerprint density at radius 1 is 0.958 bits per heavy atom. The number of rotatable bonds is 4. The number of benzene rings is 1. The molecule has 1 aliphatic heterocycles. The molecule has 5 nitrogen and oxygen atoms in total. The van der Waals surface area contributed by atoms with Gasteiger partial charge in [-0.2, -0.15) is 4.98 Å². The molecule has 0 spiro atoms. The fourth-order valence-corrected chi connectivity index (χ4v) is 2.97. The van der Waals surface area contributed by atoms with Crippen LogP contribution in [0, 0.1) is 6.92 Å². The van der Waals surface area contributed by atoms with Gasteiger partial charge in [0.05, 0.1) is 12.2 Å². The Labute approximate surface area is 141 Å². The fraction of sp³-hybridized carbons (Fsp3) is 0.211. The van der Waals surface area contributed by atoms with Crippen molar-refractivity contribution < 1.29 is 0 Å². The normalized spacial score (nSPS) is 13.0. The van der Waals surface area contributed by atoms with Crippen LogP contribution in [-0.2, 0) is 19.6 Å². The smallest absolute Gasteiger partial charge is 0.224 e. The minimum Gasteiger partial charge on any atom is -0.349 e. The lowest BCUT2D eigenvalue weighted by molar-refractivity contribution is 0.849. The molecule has 0 fully saturated rings. The van der Waals surface area contributed by atoms with E-state index in [2.05, 4.69) is 49.4 Å². The van der Waals surface area contributed by atoms with Crippen molar-refractivity contribution in [1.82, 2.24) is 15.0 Å². The van der Waals surface area contributed by atoms with Gasteiger partial charge in [-0.25, -0.2) is 4.98 Å². The van der Waals surface area contributed by atoms with Gasteiger partial charge in [-0.05, 0) is 36.2 Å². The first-order chi connectivity index (χ1) is 11.8. The van der Waals surface area contributed by atoms with Gasteiger partial charge < -0.3 is 10.2 Å². The molecule has 24 heavy (non-hydrogen) atoms. The Morgan fingerprint density at radius 2 is 1.75 bits per heavy atom. The van der Waals surface area contributed by atoms with E-state index in [4.69, 9.17) is 0 Å². The molecule has 5 heteroatoms. The summed E-state index contributed by atoms with van der Waals surface area (Å²) >= 11 is 0. The molecule has 0 amide bonds. The van der Waals surface area contributed by atoms with E-state index in [1.165, 1.54) is 11.1 Å². The number of anilines is 2. The maximum Gasteiger partial charge on any atom is 0.224 e. The van der Waals surface area contributed by atoms with Crippen LogP contribution >= 0.6 is 0 Å². The molecule has 120 valence electrons. The molecule has 3 aromatic rings. The summed E-state index contributed by atoms with van der Waals surface area (Å²) in [6, 6.07) is 16.5. The van der Waals surface area contributed by atoms with Gasteiger partial charge in [0.1, 0.15) is 5.82 Å². The van der Waals surface area contributed by atoms with Crippen LogP contribution in [-0.4, -0.2) is 15.0 Å². The molecule has 0 unspecified atom stereocenters. The number of nitrogens with zero attached hydrogens (tertiary/aromatic N) is 4. The highest BCUT2D eigenvalue weighted by Gasteiger charge is 2.19. The third-order valence-corrected chi connectivity index (χ3v) is 4.18. The van der Waals surface area contributed by atoms with E-state index in [-0.39, 0.29) is 0 Å².